The van der Waals surface area contributed by atoms with Crippen molar-refractivity contribution in [1.29, 1.82) is 0 Å². The predicted molar refractivity (Wildman–Crippen MR) is 58.3 cm³/mol. The number of hydrogen-bond acceptors (Lipinski definition) is 3. The van der Waals surface area contributed by atoms with Gasteiger partial charge in [0.05, 0.1) is 7.11 Å². The van der Waals surface area contributed by atoms with Gasteiger partial charge in [0.2, 0.25) is 5.91 Å². The van der Waals surface area contributed by atoms with Crippen molar-refractivity contribution >= 4 is 5.91 Å². The molecule has 0 saturated carbocycles. The first-order valence-electron chi connectivity index (χ1n) is 4.92. The second kappa shape index (κ2) is 5.46. The lowest BCUT2D eigenvalue weighted by Gasteiger charge is -2.12. The zero-order valence-electron chi connectivity index (χ0n) is 9.07. The smallest absolute Gasteiger partial charge is 0.217 e. The van der Waals surface area contributed by atoms with Crippen LogP contribution in [0.3, 0.4) is 0 Å². The second-order valence-corrected chi connectivity index (χ2v) is 3.51. The van der Waals surface area contributed by atoms with Gasteiger partial charge >= 0.3 is 0 Å². The highest BCUT2D eigenvalue weighted by Gasteiger charge is 2.10. The molecule has 0 saturated heterocycles. The number of ether oxygens (including phenoxy) is 1. The molecule has 0 bridgehead atoms. The summed E-state index contributed by atoms with van der Waals surface area (Å²) in [4.78, 5) is 10.6. The van der Waals surface area contributed by atoms with E-state index in [0.717, 1.165) is 0 Å². The molecule has 0 spiro atoms. The summed E-state index contributed by atoms with van der Waals surface area (Å²) in [5.74, 6) is -0.704. The van der Waals surface area contributed by atoms with Gasteiger partial charge < -0.3 is 16.2 Å². The molecule has 88 valence electrons. The standard InChI is InChI=1S/C11H15FN2O2/c1-16-10-4-2-7(6-8(10)12)9(13)3-5-11(14)15/h2,4,6,9H,3,5,13H2,1H3,(H2,14,15). The first-order chi connectivity index (χ1) is 7.54. The number of carbonyl (C=O) groups excluding carboxylic acids is 1. The SMILES string of the molecule is COc1ccc(C(N)CCC(N)=O)cc1F. The minimum atomic E-state index is -0.463. The Labute approximate surface area is 93.4 Å². The molecule has 1 aromatic rings. The van der Waals surface area contributed by atoms with Crippen LogP contribution >= 0.6 is 0 Å². The summed E-state index contributed by atoms with van der Waals surface area (Å²) in [5.41, 5.74) is 11.4. The zero-order valence-corrected chi connectivity index (χ0v) is 9.07. The molecule has 1 aromatic carbocycles. The second-order valence-electron chi connectivity index (χ2n) is 3.51. The highest BCUT2D eigenvalue weighted by Crippen LogP contribution is 2.22. The summed E-state index contributed by atoms with van der Waals surface area (Å²) in [6.07, 6.45) is 0.593. The molecule has 0 heterocycles. The van der Waals surface area contributed by atoms with E-state index < -0.39 is 17.8 Å². The van der Waals surface area contributed by atoms with E-state index >= 15 is 0 Å². The van der Waals surface area contributed by atoms with Crippen LogP contribution in [0.4, 0.5) is 4.39 Å². The average molecular weight is 226 g/mol. The Bertz CT molecular complexity index is 382. The number of primary amides is 1. The van der Waals surface area contributed by atoms with E-state index in [0.29, 0.717) is 12.0 Å². The van der Waals surface area contributed by atoms with Crippen molar-refractivity contribution in [3.8, 4) is 5.75 Å². The minimum Gasteiger partial charge on any atom is -0.494 e. The third-order valence-electron chi connectivity index (χ3n) is 2.31. The van der Waals surface area contributed by atoms with Crippen LogP contribution in [-0.4, -0.2) is 13.0 Å². The van der Waals surface area contributed by atoms with Crippen LogP contribution in [0.15, 0.2) is 18.2 Å². The summed E-state index contributed by atoms with van der Waals surface area (Å²) < 4.78 is 18.1. The first kappa shape index (κ1) is 12.4. The van der Waals surface area contributed by atoms with Crippen molar-refractivity contribution in [2.24, 2.45) is 11.5 Å². The Morgan fingerprint density at radius 1 is 1.56 bits per heavy atom. The molecule has 0 aliphatic heterocycles. The van der Waals surface area contributed by atoms with Gasteiger partial charge in [-0.05, 0) is 24.1 Å². The van der Waals surface area contributed by atoms with Crippen LogP contribution < -0.4 is 16.2 Å². The van der Waals surface area contributed by atoms with E-state index in [-0.39, 0.29) is 12.2 Å². The maximum Gasteiger partial charge on any atom is 0.217 e. The molecular weight excluding hydrogens is 211 g/mol. The summed E-state index contributed by atoms with van der Waals surface area (Å²) in [7, 11) is 1.39. The summed E-state index contributed by atoms with van der Waals surface area (Å²) >= 11 is 0. The van der Waals surface area contributed by atoms with Gasteiger partial charge in [0.1, 0.15) is 0 Å². The number of rotatable bonds is 5. The molecule has 4 N–H and O–H groups in total. The summed E-state index contributed by atoms with van der Waals surface area (Å²) in [6, 6.07) is 4.10. The fourth-order valence-corrected chi connectivity index (χ4v) is 1.38. The number of carbonyl (C=O) groups is 1. The maximum absolute atomic E-state index is 13.3. The molecule has 5 heteroatoms. The van der Waals surface area contributed by atoms with E-state index in [9.17, 15) is 9.18 Å². The van der Waals surface area contributed by atoms with Gasteiger partial charge in [-0.15, -0.1) is 0 Å². The van der Waals surface area contributed by atoms with Crippen LogP contribution in [0.1, 0.15) is 24.4 Å². The van der Waals surface area contributed by atoms with Crippen molar-refractivity contribution in [2.75, 3.05) is 7.11 Å². The van der Waals surface area contributed by atoms with Crippen molar-refractivity contribution in [3.05, 3.63) is 29.6 Å². The van der Waals surface area contributed by atoms with Crippen molar-refractivity contribution in [1.82, 2.24) is 0 Å². The van der Waals surface area contributed by atoms with Crippen LogP contribution in [0.2, 0.25) is 0 Å². The van der Waals surface area contributed by atoms with Crippen molar-refractivity contribution in [2.45, 2.75) is 18.9 Å². The fraction of sp³-hybridized carbons (Fsp3) is 0.364. The Morgan fingerprint density at radius 2 is 2.25 bits per heavy atom. The molecule has 16 heavy (non-hydrogen) atoms. The molecule has 0 radical (unpaired) electrons. The van der Waals surface area contributed by atoms with Gasteiger partial charge in [0.25, 0.3) is 0 Å². The number of halogens is 1. The maximum atomic E-state index is 13.3. The lowest BCUT2D eigenvalue weighted by Crippen LogP contribution is -2.16. The number of amides is 1. The van der Waals surface area contributed by atoms with E-state index in [1.54, 1.807) is 6.07 Å². The third-order valence-corrected chi connectivity index (χ3v) is 2.31. The van der Waals surface area contributed by atoms with Crippen LogP contribution in [0, 0.1) is 5.82 Å². The van der Waals surface area contributed by atoms with Gasteiger partial charge in [0.15, 0.2) is 11.6 Å². The summed E-state index contributed by atoms with van der Waals surface area (Å²) in [5, 5.41) is 0. The number of hydrogen-bond donors (Lipinski definition) is 2. The Balaban J connectivity index is 2.72. The van der Waals surface area contributed by atoms with Gasteiger partial charge in [0, 0.05) is 12.5 Å². The molecule has 0 aliphatic rings. The minimum absolute atomic E-state index is 0.172. The number of benzene rings is 1. The van der Waals surface area contributed by atoms with E-state index in [1.807, 2.05) is 0 Å². The number of nitrogens with two attached hydrogens (primary N) is 2. The Morgan fingerprint density at radius 3 is 2.75 bits per heavy atom. The van der Waals surface area contributed by atoms with Gasteiger partial charge in [-0.1, -0.05) is 6.07 Å². The lowest BCUT2D eigenvalue weighted by atomic mass is 10.0. The van der Waals surface area contributed by atoms with Crippen LogP contribution in [0.5, 0.6) is 5.75 Å². The predicted octanol–water partition coefficient (Wildman–Crippen LogP) is 1.10. The van der Waals surface area contributed by atoms with E-state index in [4.69, 9.17) is 16.2 Å². The third kappa shape index (κ3) is 3.20. The molecule has 0 fully saturated rings. The highest BCUT2D eigenvalue weighted by atomic mass is 19.1. The monoisotopic (exact) mass is 226 g/mol. The normalized spacial score (nSPS) is 12.2. The molecule has 1 atom stereocenters. The molecule has 1 amide bonds. The molecule has 0 aromatic heterocycles. The topological polar surface area (TPSA) is 78.3 Å². The molecule has 4 nitrogen and oxygen atoms in total. The summed E-state index contributed by atoms with van der Waals surface area (Å²) in [6.45, 7) is 0. The van der Waals surface area contributed by atoms with E-state index in [2.05, 4.69) is 0 Å². The average Bonchev–Trinajstić information content (AvgIpc) is 2.25. The highest BCUT2D eigenvalue weighted by molar-refractivity contribution is 5.73. The van der Waals surface area contributed by atoms with Crippen LogP contribution in [0.25, 0.3) is 0 Å². The van der Waals surface area contributed by atoms with Crippen molar-refractivity contribution < 1.29 is 13.9 Å². The molecule has 1 unspecified atom stereocenters. The Hall–Kier alpha value is -1.62. The largest absolute Gasteiger partial charge is 0.494 e. The fourth-order valence-electron chi connectivity index (χ4n) is 1.38. The quantitative estimate of drug-likeness (QED) is 0.789. The van der Waals surface area contributed by atoms with Crippen LogP contribution in [-0.2, 0) is 4.79 Å². The number of methoxy groups -OCH3 is 1. The van der Waals surface area contributed by atoms with Gasteiger partial charge in [-0.25, -0.2) is 4.39 Å². The molecule has 0 aliphatic carbocycles. The lowest BCUT2D eigenvalue weighted by molar-refractivity contribution is -0.118. The van der Waals surface area contributed by atoms with Gasteiger partial charge in [-0.3, -0.25) is 4.79 Å². The molecular formula is C11H15FN2O2. The van der Waals surface area contributed by atoms with E-state index in [1.165, 1.54) is 19.2 Å². The molecule has 1 rings (SSSR count). The zero-order chi connectivity index (χ0) is 12.1. The Kier molecular flexibility index (Phi) is 4.25. The van der Waals surface area contributed by atoms with Gasteiger partial charge in [-0.2, -0.15) is 0 Å². The first-order valence-corrected chi connectivity index (χ1v) is 4.92. The van der Waals surface area contributed by atoms with Crippen molar-refractivity contribution in [3.63, 3.8) is 0 Å².